The van der Waals surface area contributed by atoms with Gasteiger partial charge in [0.1, 0.15) is 0 Å². The molecular weight excluding hydrogens is 653 g/mol. The van der Waals surface area contributed by atoms with Crippen molar-refractivity contribution in [1.29, 1.82) is 0 Å². The minimum Gasteiger partial charge on any atom is -0.472 e. The van der Waals surface area contributed by atoms with E-state index in [2.05, 4.69) is 133 Å². The van der Waals surface area contributed by atoms with Crippen LogP contribution in [-0.4, -0.2) is 0 Å². The second kappa shape index (κ2) is 13.1. The number of fused-ring (bicyclic) bond motifs is 4. The summed E-state index contributed by atoms with van der Waals surface area (Å²) in [5, 5.41) is 9.36. The molecule has 0 fully saturated rings. The largest absolute Gasteiger partial charge is 0.472 e. The second-order valence-electron chi connectivity index (χ2n) is 13.0. The van der Waals surface area contributed by atoms with E-state index in [0.717, 1.165) is 71.0 Å². The first-order valence-corrected chi connectivity index (χ1v) is 17.9. The van der Waals surface area contributed by atoms with Crippen molar-refractivity contribution in [3.63, 3.8) is 0 Å². The molecule has 2 aromatic heterocycles. The summed E-state index contributed by atoms with van der Waals surface area (Å²) in [6, 6.07) is 45.2. The molecule has 9 aromatic rings. The minimum atomic E-state index is 0.865. The van der Waals surface area contributed by atoms with Gasteiger partial charge in [-0.2, -0.15) is 0 Å². The van der Waals surface area contributed by atoms with Crippen molar-refractivity contribution >= 4 is 66.9 Å². The lowest BCUT2D eigenvalue weighted by Gasteiger charge is -2.21. The van der Waals surface area contributed by atoms with Gasteiger partial charge in [-0.25, -0.2) is 0 Å². The van der Waals surface area contributed by atoms with Crippen molar-refractivity contribution in [1.82, 2.24) is 0 Å². The molecule has 9 rings (SSSR count). The highest BCUT2D eigenvalue weighted by atomic mass is 32.1. The fourth-order valence-corrected chi connectivity index (χ4v) is 8.26. The average molecular weight is 687 g/mol. The van der Waals surface area contributed by atoms with Crippen LogP contribution in [0.5, 0.6) is 0 Å². The summed E-state index contributed by atoms with van der Waals surface area (Å²) in [6.07, 6.45) is 13.5. The molecule has 0 amide bonds. The first-order valence-electron chi connectivity index (χ1n) is 17.4. The Hall–Kier alpha value is -6.29. The summed E-state index contributed by atoms with van der Waals surface area (Å²) < 4.78 is 11.1. The van der Waals surface area contributed by atoms with Crippen LogP contribution in [0.4, 0.5) is 0 Å². The van der Waals surface area contributed by atoms with E-state index in [-0.39, 0.29) is 0 Å². The Kier molecular flexibility index (Phi) is 7.99. The number of hydrogen-bond acceptors (Lipinski definition) is 3. The summed E-state index contributed by atoms with van der Waals surface area (Å²) >= 11 is 5.19. The highest BCUT2D eigenvalue weighted by molar-refractivity contribution is 7.80. The van der Waals surface area contributed by atoms with E-state index in [0.29, 0.717) is 0 Å². The molecule has 0 radical (unpaired) electrons. The lowest BCUT2D eigenvalue weighted by molar-refractivity contribution is 0.568. The molecule has 0 aliphatic rings. The Morgan fingerprint density at radius 1 is 0.538 bits per heavy atom. The van der Waals surface area contributed by atoms with E-state index in [1.54, 1.807) is 12.5 Å². The summed E-state index contributed by atoms with van der Waals surface area (Å²) in [5.41, 5.74) is 10.8. The number of benzene rings is 7. The van der Waals surface area contributed by atoms with Crippen molar-refractivity contribution in [2.24, 2.45) is 0 Å². The Bertz CT molecular complexity index is 2760. The molecule has 7 aromatic carbocycles. The van der Waals surface area contributed by atoms with E-state index in [4.69, 9.17) is 28.0 Å². The predicted molar refractivity (Wildman–Crippen MR) is 223 cm³/mol. The van der Waals surface area contributed by atoms with Crippen LogP contribution in [0.1, 0.15) is 18.1 Å². The third kappa shape index (κ3) is 5.13. The zero-order chi connectivity index (χ0) is 35.2. The number of hydrogen-bond donors (Lipinski definition) is 1. The Labute approximate surface area is 308 Å². The second-order valence-corrected chi connectivity index (χ2v) is 13.5. The molecule has 3 heteroatoms. The van der Waals surface area contributed by atoms with E-state index in [1.807, 2.05) is 31.6 Å². The fourth-order valence-electron chi connectivity index (χ4n) is 7.91. The highest BCUT2D eigenvalue weighted by Crippen LogP contribution is 2.47. The van der Waals surface area contributed by atoms with Crippen molar-refractivity contribution in [3.8, 4) is 33.4 Å². The Balaban J connectivity index is 1.24. The molecule has 2 heterocycles. The first-order chi connectivity index (χ1) is 25.6. The summed E-state index contributed by atoms with van der Waals surface area (Å²) in [4.78, 5) is 0.865. The van der Waals surface area contributed by atoms with Gasteiger partial charge in [0.2, 0.25) is 0 Å². The molecule has 0 N–H and O–H groups in total. The van der Waals surface area contributed by atoms with Gasteiger partial charge in [-0.15, -0.1) is 12.6 Å². The maximum Gasteiger partial charge on any atom is 0.0981 e. The molecule has 0 saturated heterocycles. The SMILES string of the molecule is C=C(/C(=C\C=C/C)c1c2ccccc2c(-c2ccoc2)c2ccccc12)c1ccc(-c2c3ccccc3c(-c3ccoc3)c3ccccc23)cc1S. The molecule has 0 bridgehead atoms. The zero-order valence-electron chi connectivity index (χ0n) is 28.6. The van der Waals surface area contributed by atoms with Crippen LogP contribution in [0.3, 0.4) is 0 Å². The van der Waals surface area contributed by atoms with Crippen LogP contribution in [-0.2, 0) is 0 Å². The van der Waals surface area contributed by atoms with E-state index in [9.17, 15) is 0 Å². The van der Waals surface area contributed by atoms with Gasteiger partial charge in [-0.1, -0.05) is 134 Å². The molecule has 0 spiro atoms. The molecule has 0 aliphatic carbocycles. The highest BCUT2D eigenvalue weighted by Gasteiger charge is 2.22. The van der Waals surface area contributed by atoms with Crippen LogP contribution >= 0.6 is 12.6 Å². The van der Waals surface area contributed by atoms with Gasteiger partial charge in [0, 0.05) is 27.1 Å². The molecular formula is C49H34O2S. The lowest BCUT2D eigenvalue weighted by atomic mass is 9.82. The van der Waals surface area contributed by atoms with E-state index < -0.39 is 0 Å². The lowest BCUT2D eigenvalue weighted by Crippen LogP contribution is -1.97. The van der Waals surface area contributed by atoms with Crippen molar-refractivity contribution < 1.29 is 8.83 Å². The number of thiol groups is 1. The van der Waals surface area contributed by atoms with Crippen LogP contribution in [0.15, 0.2) is 191 Å². The van der Waals surface area contributed by atoms with Crippen LogP contribution in [0, 0.1) is 0 Å². The maximum atomic E-state index is 5.57. The Morgan fingerprint density at radius 2 is 0.962 bits per heavy atom. The molecule has 0 atom stereocenters. The van der Waals surface area contributed by atoms with Gasteiger partial charge in [-0.05, 0) is 102 Å². The molecule has 248 valence electrons. The van der Waals surface area contributed by atoms with Gasteiger partial charge >= 0.3 is 0 Å². The van der Waals surface area contributed by atoms with E-state index >= 15 is 0 Å². The predicted octanol–water partition coefficient (Wildman–Crippen LogP) is 14.4. The first kappa shape index (κ1) is 31.7. The van der Waals surface area contributed by atoms with Crippen molar-refractivity contribution in [3.05, 3.63) is 188 Å². The number of furan rings is 2. The van der Waals surface area contributed by atoms with Gasteiger partial charge in [0.15, 0.2) is 0 Å². The van der Waals surface area contributed by atoms with Gasteiger partial charge in [0.05, 0.1) is 25.1 Å². The third-order valence-electron chi connectivity index (χ3n) is 10.1. The normalized spacial score (nSPS) is 12.2. The topological polar surface area (TPSA) is 26.3 Å². The smallest absolute Gasteiger partial charge is 0.0981 e. The van der Waals surface area contributed by atoms with Crippen molar-refractivity contribution in [2.75, 3.05) is 0 Å². The summed E-state index contributed by atoms with van der Waals surface area (Å²) in [7, 11) is 0. The van der Waals surface area contributed by atoms with Gasteiger partial charge in [0.25, 0.3) is 0 Å². The quantitative estimate of drug-likeness (QED) is 0.103. The number of rotatable bonds is 7. The molecule has 0 unspecified atom stereocenters. The number of allylic oxidation sites excluding steroid dienone is 5. The molecule has 2 nitrogen and oxygen atoms in total. The van der Waals surface area contributed by atoms with Crippen LogP contribution in [0.2, 0.25) is 0 Å². The maximum absolute atomic E-state index is 5.57. The Morgan fingerprint density at radius 3 is 1.37 bits per heavy atom. The van der Waals surface area contributed by atoms with Crippen molar-refractivity contribution in [2.45, 2.75) is 11.8 Å². The minimum absolute atomic E-state index is 0.865. The van der Waals surface area contributed by atoms with Gasteiger partial charge in [-0.3, -0.25) is 0 Å². The average Bonchev–Trinajstić information content (AvgIpc) is 3.92. The van der Waals surface area contributed by atoms with Crippen LogP contribution < -0.4 is 0 Å². The van der Waals surface area contributed by atoms with Crippen LogP contribution in [0.25, 0.3) is 87.6 Å². The molecule has 0 aliphatic heterocycles. The fraction of sp³-hybridized carbons (Fsp3) is 0.0204. The monoisotopic (exact) mass is 686 g/mol. The molecule has 0 saturated carbocycles. The van der Waals surface area contributed by atoms with E-state index in [1.165, 1.54) is 32.7 Å². The zero-order valence-corrected chi connectivity index (χ0v) is 29.5. The standard InChI is InChI=1S/C49H34O2S/c1-3-4-13-36(49-43-20-11-9-18-41(43)48(34-25-27-51-30-34)42-19-10-12-21-44(42)49)31(2)35-23-22-32(28-45(35)52)46-37-14-5-7-16-39(37)47(33-24-26-50-29-33)40-17-8-6-15-38(40)46/h3-30,52H,2H2,1H3/b4-3-,36-13+. The summed E-state index contributed by atoms with van der Waals surface area (Å²) in [5.74, 6) is 0. The van der Waals surface area contributed by atoms with Gasteiger partial charge < -0.3 is 8.83 Å². The third-order valence-corrected chi connectivity index (χ3v) is 10.5. The molecule has 52 heavy (non-hydrogen) atoms. The summed E-state index contributed by atoms with van der Waals surface area (Å²) in [6.45, 7) is 6.81.